The summed E-state index contributed by atoms with van der Waals surface area (Å²) in [5.74, 6) is 0.649. The van der Waals surface area contributed by atoms with E-state index in [0.29, 0.717) is 5.92 Å². The Morgan fingerprint density at radius 2 is 0.803 bits per heavy atom. The largest absolute Gasteiger partial charge is 0.333 e. The number of nitrogens with zero attached hydrogens (tertiary/aromatic N) is 4. The monoisotopic (exact) mass is 846 g/mol. The second kappa shape index (κ2) is 14.2. The second-order valence-corrected chi connectivity index (χ2v) is 18.5. The van der Waals surface area contributed by atoms with Crippen molar-refractivity contribution in [2.24, 2.45) is 0 Å². The van der Waals surface area contributed by atoms with E-state index in [1.54, 1.807) is 0 Å². The van der Waals surface area contributed by atoms with Crippen LogP contribution in [0.25, 0.3) is 106 Å². The summed E-state index contributed by atoms with van der Waals surface area (Å²) in [4.78, 5) is 0. The van der Waals surface area contributed by atoms with Crippen LogP contribution in [-0.4, -0.2) is 18.3 Å². The molecule has 66 heavy (non-hydrogen) atoms. The number of allylic oxidation sites excluding steroid dienone is 2. The Bertz CT molecular complexity index is 3890. The Hall–Kier alpha value is -8.08. The summed E-state index contributed by atoms with van der Waals surface area (Å²) >= 11 is 0. The average Bonchev–Trinajstić information content (AvgIpc) is 4.10. The minimum atomic E-state index is 0.171. The molecule has 2 aliphatic rings. The van der Waals surface area contributed by atoms with Crippen LogP contribution in [0, 0.1) is 0 Å². The highest BCUT2D eigenvalue weighted by molar-refractivity contribution is 6.12. The first-order valence-electron chi connectivity index (χ1n) is 23.4. The molecule has 0 aliphatic heterocycles. The molecule has 0 saturated carbocycles. The Morgan fingerprint density at radius 1 is 0.379 bits per heavy atom. The number of para-hydroxylation sites is 5. The van der Waals surface area contributed by atoms with Crippen molar-refractivity contribution in [1.29, 1.82) is 0 Å². The summed E-state index contributed by atoms with van der Waals surface area (Å²) in [7, 11) is 0. The summed E-state index contributed by atoms with van der Waals surface area (Å²) in [5.41, 5.74) is 18.9. The standard InChI is InChI=1S/C62H46N4/c1-39-14-13-20-52-53-36-37-54(66-58-24-11-6-17-48(58)49-18-7-12-25-59(49)66)40(2)62(53)65(61(39)52)44-32-28-42(29-33-44)41-26-30-43(31-27-41)63-55-21-8-5-19-50(55)51-35-34-45(38-60(51)63)64-56-22-9-3-15-46(56)47-16-4-10-23-57(47)64/h3-13,15-40,54H,14H2,1-2H3. The Labute approximate surface area is 383 Å². The lowest BCUT2D eigenvalue weighted by Gasteiger charge is -2.30. The van der Waals surface area contributed by atoms with E-state index in [0.717, 1.165) is 17.8 Å². The molecule has 0 saturated heterocycles. The van der Waals surface area contributed by atoms with Gasteiger partial charge in [0.05, 0.1) is 28.1 Å². The van der Waals surface area contributed by atoms with Gasteiger partial charge in [-0.25, -0.2) is 0 Å². The quantitative estimate of drug-likeness (QED) is 0.164. The van der Waals surface area contributed by atoms with Crippen LogP contribution in [0.5, 0.6) is 0 Å². The maximum absolute atomic E-state index is 2.62. The molecule has 4 heteroatoms. The Balaban J connectivity index is 0.848. The summed E-state index contributed by atoms with van der Waals surface area (Å²) in [6.07, 6.45) is 10.7. The zero-order valence-corrected chi connectivity index (χ0v) is 36.9. The fraction of sp³-hybridized carbons (Fsp3) is 0.0968. The first-order valence-corrected chi connectivity index (χ1v) is 23.4. The highest BCUT2D eigenvalue weighted by Crippen LogP contribution is 2.48. The molecule has 4 nitrogen and oxygen atoms in total. The molecule has 4 heterocycles. The molecule has 0 bridgehead atoms. The Kier molecular flexibility index (Phi) is 8.03. The van der Waals surface area contributed by atoms with Crippen LogP contribution >= 0.6 is 0 Å². The summed E-state index contributed by atoms with van der Waals surface area (Å²) in [6, 6.07) is 69.7. The number of aromatic nitrogens is 4. The molecule has 8 aromatic carbocycles. The SMILES string of the molecule is CC1CC=Cc2c3c(n(-c4ccc(-c5ccc(-n6c7ccccc7c7ccc(-n8c9ccccc9c9ccccc98)cc76)cc5)cc4)c21)C(C)C(n1c2ccccc2c2ccccc21)C=C3. The average molecular weight is 847 g/mol. The fourth-order valence-electron chi connectivity index (χ4n) is 12.0. The van der Waals surface area contributed by atoms with Gasteiger partial charge in [0.2, 0.25) is 0 Å². The van der Waals surface area contributed by atoms with E-state index in [-0.39, 0.29) is 12.0 Å². The molecule has 3 unspecified atom stereocenters. The van der Waals surface area contributed by atoms with Gasteiger partial charge in [0, 0.05) is 94.8 Å². The minimum absolute atomic E-state index is 0.171. The normalized spacial score (nSPS) is 16.9. The van der Waals surface area contributed by atoms with Gasteiger partial charge >= 0.3 is 0 Å². The first-order chi connectivity index (χ1) is 32.6. The molecule has 4 aromatic heterocycles. The van der Waals surface area contributed by atoms with E-state index in [1.165, 1.54) is 105 Å². The van der Waals surface area contributed by atoms with Crippen molar-refractivity contribution < 1.29 is 0 Å². The summed E-state index contributed by atoms with van der Waals surface area (Å²) in [6.45, 7) is 4.83. The van der Waals surface area contributed by atoms with Gasteiger partial charge in [-0.05, 0) is 84.3 Å². The number of benzene rings is 8. The number of hydrogen-bond donors (Lipinski definition) is 0. The van der Waals surface area contributed by atoms with Gasteiger partial charge in [-0.3, -0.25) is 0 Å². The van der Waals surface area contributed by atoms with E-state index in [9.17, 15) is 0 Å². The third-order valence-corrected chi connectivity index (χ3v) is 15.0. The maximum atomic E-state index is 2.62. The Morgan fingerprint density at radius 3 is 1.35 bits per heavy atom. The highest BCUT2D eigenvalue weighted by atomic mass is 15.1. The van der Waals surface area contributed by atoms with Crippen molar-refractivity contribution in [2.75, 3.05) is 0 Å². The zero-order valence-electron chi connectivity index (χ0n) is 36.9. The number of hydrogen-bond acceptors (Lipinski definition) is 0. The third-order valence-electron chi connectivity index (χ3n) is 15.0. The predicted octanol–water partition coefficient (Wildman–Crippen LogP) is 16.3. The van der Waals surface area contributed by atoms with E-state index in [1.807, 2.05) is 0 Å². The van der Waals surface area contributed by atoms with Gasteiger partial charge in [-0.15, -0.1) is 0 Å². The molecule has 0 fully saturated rings. The van der Waals surface area contributed by atoms with E-state index in [4.69, 9.17) is 0 Å². The molecule has 12 aromatic rings. The summed E-state index contributed by atoms with van der Waals surface area (Å²) in [5, 5.41) is 7.67. The topological polar surface area (TPSA) is 19.7 Å². The van der Waals surface area contributed by atoms with Gasteiger partial charge in [0.15, 0.2) is 0 Å². The van der Waals surface area contributed by atoms with Crippen molar-refractivity contribution in [2.45, 2.75) is 38.1 Å². The van der Waals surface area contributed by atoms with Gasteiger partial charge in [0.1, 0.15) is 0 Å². The molecule has 2 aliphatic carbocycles. The van der Waals surface area contributed by atoms with Crippen LogP contribution in [0.15, 0.2) is 200 Å². The van der Waals surface area contributed by atoms with Crippen molar-refractivity contribution in [3.05, 3.63) is 223 Å². The smallest absolute Gasteiger partial charge is 0.0606 e. The van der Waals surface area contributed by atoms with Gasteiger partial charge in [-0.2, -0.15) is 0 Å². The van der Waals surface area contributed by atoms with E-state index < -0.39 is 0 Å². The lowest BCUT2D eigenvalue weighted by molar-refractivity contribution is 0.518. The van der Waals surface area contributed by atoms with Crippen LogP contribution in [0.3, 0.4) is 0 Å². The second-order valence-electron chi connectivity index (χ2n) is 18.5. The third kappa shape index (κ3) is 5.27. The van der Waals surface area contributed by atoms with E-state index in [2.05, 4.69) is 244 Å². The van der Waals surface area contributed by atoms with Crippen LogP contribution < -0.4 is 0 Å². The molecule has 0 N–H and O–H groups in total. The van der Waals surface area contributed by atoms with E-state index >= 15 is 0 Å². The van der Waals surface area contributed by atoms with Gasteiger partial charge in [0.25, 0.3) is 0 Å². The maximum Gasteiger partial charge on any atom is 0.0606 e. The number of rotatable bonds is 5. The van der Waals surface area contributed by atoms with Crippen molar-refractivity contribution in [3.63, 3.8) is 0 Å². The minimum Gasteiger partial charge on any atom is -0.333 e. The van der Waals surface area contributed by atoms with Gasteiger partial charge in [-0.1, -0.05) is 159 Å². The van der Waals surface area contributed by atoms with Crippen LogP contribution in [-0.2, 0) is 0 Å². The fourth-order valence-corrected chi connectivity index (χ4v) is 12.0. The lowest BCUT2D eigenvalue weighted by atomic mass is 9.86. The van der Waals surface area contributed by atoms with Crippen LogP contribution in [0.2, 0.25) is 0 Å². The molecule has 0 spiro atoms. The molecule has 14 rings (SSSR count). The highest BCUT2D eigenvalue weighted by Gasteiger charge is 2.35. The van der Waals surface area contributed by atoms with Crippen LogP contribution in [0.1, 0.15) is 60.7 Å². The summed E-state index contributed by atoms with van der Waals surface area (Å²) < 4.78 is 10.1. The molecule has 314 valence electrons. The molecular formula is C62H46N4. The lowest BCUT2D eigenvalue weighted by Crippen LogP contribution is -2.20. The van der Waals surface area contributed by atoms with Crippen molar-refractivity contribution in [3.8, 4) is 28.2 Å². The van der Waals surface area contributed by atoms with Crippen molar-refractivity contribution in [1.82, 2.24) is 18.3 Å². The molecular weight excluding hydrogens is 801 g/mol. The molecule has 3 atom stereocenters. The predicted molar refractivity (Wildman–Crippen MR) is 278 cm³/mol. The van der Waals surface area contributed by atoms with Gasteiger partial charge < -0.3 is 18.3 Å². The van der Waals surface area contributed by atoms with Crippen LogP contribution in [0.4, 0.5) is 0 Å². The number of fused-ring (bicyclic) bond motifs is 12. The molecule has 0 radical (unpaired) electrons. The zero-order chi connectivity index (χ0) is 43.6. The first kappa shape index (κ1) is 37.3. The molecule has 0 amide bonds. The van der Waals surface area contributed by atoms with Crippen molar-refractivity contribution >= 4 is 77.6 Å².